The molecule has 0 bridgehead atoms. The lowest BCUT2D eigenvalue weighted by Gasteiger charge is -2.09. The van der Waals surface area contributed by atoms with Gasteiger partial charge in [0, 0.05) is 16.8 Å². The molecule has 0 saturated carbocycles. The normalized spacial score (nSPS) is 10.6. The summed E-state index contributed by atoms with van der Waals surface area (Å²) in [7, 11) is 0. The summed E-state index contributed by atoms with van der Waals surface area (Å²) in [5.41, 5.74) is 4.69. The number of halogens is 1. The van der Waals surface area contributed by atoms with Gasteiger partial charge >= 0.3 is 0 Å². The van der Waals surface area contributed by atoms with E-state index in [1.807, 2.05) is 36.4 Å². The van der Waals surface area contributed by atoms with E-state index in [1.165, 1.54) is 76.2 Å². The van der Waals surface area contributed by atoms with E-state index in [0.29, 0.717) is 12.2 Å². The molecular formula is C31H43BrN2O2S. The first kappa shape index (κ1) is 31.0. The van der Waals surface area contributed by atoms with Crippen LogP contribution in [0, 0.1) is 0 Å². The van der Waals surface area contributed by atoms with Crippen molar-refractivity contribution in [1.29, 1.82) is 0 Å². The van der Waals surface area contributed by atoms with Crippen LogP contribution < -0.4 is 31.6 Å². The first-order valence-electron chi connectivity index (χ1n) is 13.8. The summed E-state index contributed by atoms with van der Waals surface area (Å²) in [6.45, 7) is 3.80. The average molecular weight is 588 g/mol. The molecule has 2 aromatic carbocycles. The maximum Gasteiger partial charge on any atom is 0.255 e. The van der Waals surface area contributed by atoms with Gasteiger partial charge in [0.25, 0.3) is 5.91 Å². The van der Waals surface area contributed by atoms with Crippen LogP contribution in [0.2, 0.25) is 0 Å². The Morgan fingerprint density at radius 1 is 0.865 bits per heavy atom. The van der Waals surface area contributed by atoms with Crippen molar-refractivity contribution in [3.63, 3.8) is 0 Å². The van der Waals surface area contributed by atoms with Crippen LogP contribution in [0.15, 0.2) is 65.6 Å². The molecule has 0 aliphatic heterocycles. The number of nitrogens with zero attached hydrogens (tertiary/aromatic N) is 1. The molecule has 3 rings (SSSR count). The van der Waals surface area contributed by atoms with E-state index in [0.717, 1.165) is 24.4 Å². The SMILES string of the molecule is CCCCCCCCCCCCCCOc1cccc(C(=O)Nc2ccc(C[n+]3ccsc3)cc2)c1.[Br-]. The lowest BCUT2D eigenvalue weighted by molar-refractivity contribution is -0.683. The Labute approximate surface area is 238 Å². The quantitative estimate of drug-likeness (QED) is 0.160. The molecular weight excluding hydrogens is 544 g/mol. The standard InChI is InChI=1S/C31H42N2O2S.BrH/c1-2-3-4-5-6-7-8-9-10-11-12-13-22-35-30-16-14-15-28(24-30)31(34)32-29-19-17-27(18-20-29)25-33-21-23-36-26-33;/h14-21,23-24,26H,2-13,22,25H2,1H3;1H. The lowest BCUT2D eigenvalue weighted by Crippen LogP contribution is -3.00. The number of hydrogen-bond donors (Lipinski definition) is 1. The first-order valence-corrected chi connectivity index (χ1v) is 14.7. The Balaban J connectivity index is 0.00000481. The van der Waals surface area contributed by atoms with Crippen molar-refractivity contribution in [2.75, 3.05) is 11.9 Å². The summed E-state index contributed by atoms with van der Waals surface area (Å²) in [6, 6.07) is 15.5. The highest BCUT2D eigenvalue weighted by Gasteiger charge is 2.09. The third kappa shape index (κ3) is 12.8. The molecule has 4 nitrogen and oxygen atoms in total. The maximum absolute atomic E-state index is 12.7. The third-order valence-corrected chi connectivity index (χ3v) is 7.14. The minimum atomic E-state index is -0.120. The number of rotatable bonds is 18. The predicted octanol–water partition coefficient (Wildman–Crippen LogP) is 5.42. The number of carbonyl (C=O) groups is 1. The van der Waals surface area contributed by atoms with Gasteiger partial charge in [-0.25, -0.2) is 0 Å². The van der Waals surface area contributed by atoms with Gasteiger partial charge in [-0.15, -0.1) is 0 Å². The Morgan fingerprint density at radius 3 is 2.14 bits per heavy atom. The summed E-state index contributed by atoms with van der Waals surface area (Å²) in [5.74, 6) is 0.639. The van der Waals surface area contributed by atoms with Crippen LogP contribution in [0.3, 0.4) is 0 Å². The monoisotopic (exact) mass is 586 g/mol. The zero-order valence-corrected chi connectivity index (χ0v) is 24.7. The third-order valence-electron chi connectivity index (χ3n) is 6.47. The second-order valence-corrected chi connectivity index (χ2v) is 10.4. The van der Waals surface area contributed by atoms with Crippen molar-refractivity contribution < 1.29 is 31.1 Å². The van der Waals surface area contributed by atoms with Gasteiger partial charge in [-0.1, -0.05) is 107 Å². The molecule has 1 heterocycles. The number of hydrogen-bond acceptors (Lipinski definition) is 3. The van der Waals surface area contributed by atoms with Crippen molar-refractivity contribution >= 4 is 22.9 Å². The molecule has 1 aromatic heterocycles. The highest BCUT2D eigenvalue weighted by Crippen LogP contribution is 2.17. The molecule has 0 saturated heterocycles. The summed E-state index contributed by atoms with van der Waals surface area (Å²) >= 11 is 1.68. The Bertz CT molecular complexity index is 993. The number of thiazole rings is 1. The Hall–Kier alpha value is -2.18. The van der Waals surface area contributed by atoms with E-state index in [4.69, 9.17) is 4.74 Å². The highest BCUT2D eigenvalue weighted by molar-refractivity contribution is 7.07. The number of ether oxygens (including phenoxy) is 1. The summed E-state index contributed by atoms with van der Waals surface area (Å²) in [6.07, 6.45) is 18.0. The zero-order chi connectivity index (χ0) is 25.3. The summed E-state index contributed by atoms with van der Waals surface area (Å²) < 4.78 is 8.06. The van der Waals surface area contributed by atoms with Gasteiger partial charge in [-0.3, -0.25) is 4.79 Å². The Morgan fingerprint density at radius 2 is 1.51 bits per heavy atom. The fraction of sp³-hybridized carbons (Fsp3) is 0.484. The highest BCUT2D eigenvalue weighted by atomic mass is 79.9. The number of amides is 1. The topological polar surface area (TPSA) is 42.2 Å². The van der Waals surface area contributed by atoms with Gasteiger partial charge in [0.1, 0.15) is 5.75 Å². The number of aromatic nitrogens is 1. The molecule has 202 valence electrons. The molecule has 6 heteroatoms. The molecule has 0 radical (unpaired) electrons. The molecule has 0 aliphatic rings. The second-order valence-electron chi connectivity index (χ2n) is 9.62. The largest absolute Gasteiger partial charge is 1.00 e. The smallest absolute Gasteiger partial charge is 0.255 e. The van der Waals surface area contributed by atoms with Crippen molar-refractivity contribution in [3.05, 3.63) is 76.7 Å². The summed E-state index contributed by atoms with van der Waals surface area (Å²) in [4.78, 5) is 12.7. The molecule has 1 N–H and O–H groups in total. The van der Waals surface area contributed by atoms with E-state index < -0.39 is 0 Å². The van der Waals surface area contributed by atoms with E-state index >= 15 is 0 Å². The Kier molecular flexibility index (Phi) is 15.9. The number of nitrogens with one attached hydrogen (secondary N) is 1. The molecule has 0 unspecified atom stereocenters. The molecule has 0 aliphatic carbocycles. The fourth-order valence-electron chi connectivity index (χ4n) is 4.32. The van der Waals surface area contributed by atoms with Crippen molar-refractivity contribution in [2.24, 2.45) is 0 Å². The number of benzene rings is 2. The first-order chi connectivity index (χ1) is 17.7. The van der Waals surface area contributed by atoms with Gasteiger partial charge in [0.2, 0.25) is 5.51 Å². The van der Waals surface area contributed by atoms with Crippen molar-refractivity contribution in [1.82, 2.24) is 0 Å². The maximum atomic E-state index is 12.7. The van der Waals surface area contributed by atoms with Gasteiger partial charge in [-0.05, 0) is 36.8 Å². The number of carbonyl (C=O) groups excluding carboxylic acids is 1. The second kappa shape index (κ2) is 19.0. The molecule has 1 amide bonds. The van der Waals surface area contributed by atoms with Crippen LogP contribution in [-0.4, -0.2) is 12.5 Å². The lowest BCUT2D eigenvalue weighted by atomic mass is 10.1. The minimum absolute atomic E-state index is 0. The van der Waals surface area contributed by atoms with Crippen LogP contribution >= 0.6 is 11.3 Å². The number of unbranched alkanes of at least 4 members (excludes halogenated alkanes) is 11. The molecule has 37 heavy (non-hydrogen) atoms. The molecule has 3 aromatic rings. The van der Waals surface area contributed by atoms with Gasteiger partial charge in [0.15, 0.2) is 12.7 Å². The van der Waals surface area contributed by atoms with Crippen LogP contribution in [0.5, 0.6) is 5.75 Å². The zero-order valence-electron chi connectivity index (χ0n) is 22.3. The van der Waals surface area contributed by atoms with Gasteiger partial charge in [0.05, 0.1) is 12.0 Å². The summed E-state index contributed by atoms with van der Waals surface area (Å²) in [5, 5.41) is 5.05. The average Bonchev–Trinajstić information content (AvgIpc) is 3.41. The van der Waals surface area contributed by atoms with E-state index in [9.17, 15) is 4.79 Å². The van der Waals surface area contributed by atoms with E-state index in [2.05, 4.69) is 46.0 Å². The minimum Gasteiger partial charge on any atom is -1.00 e. The van der Waals surface area contributed by atoms with Crippen molar-refractivity contribution in [3.8, 4) is 5.75 Å². The molecule has 0 atom stereocenters. The number of anilines is 1. The van der Waals surface area contributed by atoms with E-state index in [-0.39, 0.29) is 22.9 Å². The van der Waals surface area contributed by atoms with Crippen LogP contribution in [-0.2, 0) is 6.54 Å². The van der Waals surface area contributed by atoms with Crippen LogP contribution in [0.1, 0.15) is 99.9 Å². The van der Waals surface area contributed by atoms with E-state index in [1.54, 1.807) is 11.3 Å². The molecule has 0 fully saturated rings. The van der Waals surface area contributed by atoms with Crippen LogP contribution in [0.4, 0.5) is 5.69 Å². The fourth-order valence-corrected chi connectivity index (χ4v) is 4.92. The van der Waals surface area contributed by atoms with Gasteiger partial charge < -0.3 is 27.0 Å². The van der Waals surface area contributed by atoms with Crippen molar-refractivity contribution in [2.45, 2.75) is 90.5 Å². The molecule has 0 spiro atoms. The van der Waals surface area contributed by atoms with Crippen LogP contribution in [0.25, 0.3) is 0 Å². The van der Waals surface area contributed by atoms with Gasteiger partial charge in [-0.2, -0.15) is 4.57 Å². The predicted molar refractivity (Wildman–Crippen MR) is 151 cm³/mol.